The lowest BCUT2D eigenvalue weighted by molar-refractivity contribution is 0.0952. The Morgan fingerprint density at radius 1 is 1.47 bits per heavy atom. The molecule has 3 N–H and O–H groups in total. The van der Waals surface area contributed by atoms with Crippen molar-refractivity contribution in [2.24, 2.45) is 0 Å². The Labute approximate surface area is 106 Å². The number of carbonyl (C=O) groups is 1. The zero-order valence-corrected chi connectivity index (χ0v) is 10.6. The van der Waals surface area contributed by atoms with E-state index in [1.54, 1.807) is 25.3 Å². The lowest BCUT2D eigenvalue weighted by Gasteiger charge is -2.07. The summed E-state index contributed by atoms with van der Waals surface area (Å²) in [7, 11) is 1.66. The van der Waals surface area contributed by atoms with Crippen LogP contribution in [0.1, 0.15) is 23.2 Å². The summed E-state index contributed by atoms with van der Waals surface area (Å²) in [6.07, 6.45) is 1.79. The number of carbonyl (C=O) groups excluding carboxylic acids is 1. The minimum absolute atomic E-state index is 0.192. The smallest absolute Gasteiger partial charge is 0.253 e. The first-order valence-electron chi connectivity index (χ1n) is 5.47. The number of anilines is 1. The molecule has 1 amide bonds. The van der Waals surface area contributed by atoms with Crippen LogP contribution in [-0.4, -0.2) is 26.2 Å². The minimum Gasteiger partial charge on any atom is -0.398 e. The molecule has 0 aliphatic heterocycles. The third-order valence-electron chi connectivity index (χ3n) is 2.32. The van der Waals surface area contributed by atoms with Crippen LogP contribution in [0.15, 0.2) is 18.2 Å². The quantitative estimate of drug-likeness (QED) is 0.605. The van der Waals surface area contributed by atoms with Crippen molar-refractivity contribution in [1.82, 2.24) is 5.32 Å². The average molecular weight is 257 g/mol. The molecule has 0 atom stereocenters. The van der Waals surface area contributed by atoms with Crippen LogP contribution in [0.5, 0.6) is 0 Å². The van der Waals surface area contributed by atoms with Crippen molar-refractivity contribution in [3.05, 3.63) is 28.8 Å². The molecule has 94 valence electrons. The van der Waals surface area contributed by atoms with Gasteiger partial charge in [-0.15, -0.1) is 0 Å². The van der Waals surface area contributed by atoms with E-state index in [1.165, 1.54) is 0 Å². The van der Waals surface area contributed by atoms with Gasteiger partial charge in [0, 0.05) is 31.0 Å². The van der Waals surface area contributed by atoms with Crippen molar-refractivity contribution in [2.45, 2.75) is 12.8 Å². The van der Waals surface area contributed by atoms with Crippen LogP contribution in [0.25, 0.3) is 0 Å². The Balaban J connectivity index is 2.44. The topological polar surface area (TPSA) is 64.3 Å². The number of halogens is 1. The summed E-state index contributed by atoms with van der Waals surface area (Å²) in [6.45, 7) is 1.31. The lowest BCUT2D eigenvalue weighted by Crippen LogP contribution is -2.25. The summed E-state index contributed by atoms with van der Waals surface area (Å²) < 4.78 is 4.92. The van der Waals surface area contributed by atoms with Crippen LogP contribution < -0.4 is 11.1 Å². The fraction of sp³-hybridized carbons (Fsp3) is 0.417. The third kappa shape index (κ3) is 4.63. The molecule has 5 heteroatoms. The van der Waals surface area contributed by atoms with Crippen molar-refractivity contribution in [1.29, 1.82) is 0 Å². The van der Waals surface area contributed by atoms with Gasteiger partial charge in [0.1, 0.15) is 0 Å². The van der Waals surface area contributed by atoms with Gasteiger partial charge in [-0.25, -0.2) is 0 Å². The zero-order chi connectivity index (χ0) is 12.7. The van der Waals surface area contributed by atoms with Gasteiger partial charge in [0.2, 0.25) is 0 Å². The van der Waals surface area contributed by atoms with E-state index in [0.29, 0.717) is 29.4 Å². The number of unbranched alkanes of at least 4 members (excludes halogenated alkanes) is 1. The van der Waals surface area contributed by atoms with Gasteiger partial charge in [0.25, 0.3) is 5.91 Å². The maximum atomic E-state index is 11.8. The predicted octanol–water partition coefficient (Wildman–Crippen LogP) is 2.08. The number of hydrogen-bond acceptors (Lipinski definition) is 3. The Kier molecular flexibility index (Phi) is 5.80. The van der Waals surface area contributed by atoms with Crippen LogP contribution >= 0.6 is 11.6 Å². The lowest BCUT2D eigenvalue weighted by atomic mass is 10.1. The van der Waals surface area contributed by atoms with Crippen LogP contribution in [-0.2, 0) is 4.74 Å². The van der Waals surface area contributed by atoms with Crippen LogP contribution in [0.3, 0.4) is 0 Å². The van der Waals surface area contributed by atoms with Gasteiger partial charge < -0.3 is 15.8 Å². The first-order valence-corrected chi connectivity index (χ1v) is 5.85. The summed E-state index contributed by atoms with van der Waals surface area (Å²) in [5, 5.41) is 3.30. The van der Waals surface area contributed by atoms with Crippen LogP contribution in [0.2, 0.25) is 5.02 Å². The van der Waals surface area contributed by atoms with Crippen molar-refractivity contribution >= 4 is 23.2 Å². The Morgan fingerprint density at radius 2 is 2.24 bits per heavy atom. The van der Waals surface area contributed by atoms with Crippen molar-refractivity contribution in [2.75, 3.05) is 26.0 Å². The molecule has 1 aromatic rings. The van der Waals surface area contributed by atoms with E-state index in [2.05, 4.69) is 5.32 Å². The highest BCUT2D eigenvalue weighted by molar-refractivity contribution is 6.31. The van der Waals surface area contributed by atoms with Gasteiger partial charge in [0.15, 0.2) is 0 Å². The van der Waals surface area contributed by atoms with E-state index in [-0.39, 0.29) is 5.91 Å². The number of benzene rings is 1. The average Bonchev–Trinajstić information content (AvgIpc) is 2.32. The first kappa shape index (κ1) is 13.8. The van der Waals surface area contributed by atoms with Crippen LogP contribution in [0.4, 0.5) is 5.69 Å². The van der Waals surface area contributed by atoms with Gasteiger partial charge >= 0.3 is 0 Å². The Bertz CT molecular complexity index is 383. The van der Waals surface area contributed by atoms with Crippen molar-refractivity contribution in [3.8, 4) is 0 Å². The summed E-state index contributed by atoms with van der Waals surface area (Å²) in [4.78, 5) is 11.8. The molecule has 0 radical (unpaired) electrons. The van der Waals surface area contributed by atoms with Crippen LogP contribution in [0, 0.1) is 0 Å². The molecule has 0 aliphatic rings. The molecule has 1 rings (SSSR count). The normalized spacial score (nSPS) is 10.2. The molecule has 0 heterocycles. The molecular weight excluding hydrogens is 240 g/mol. The zero-order valence-electron chi connectivity index (χ0n) is 9.83. The Hall–Kier alpha value is -1.26. The molecule has 0 fully saturated rings. The first-order chi connectivity index (χ1) is 8.15. The SMILES string of the molecule is COCCCCNC(=O)c1cc(Cl)ccc1N. The second-order valence-electron chi connectivity index (χ2n) is 3.69. The van der Waals surface area contributed by atoms with E-state index < -0.39 is 0 Å². The number of methoxy groups -OCH3 is 1. The molecule has 0 saturated heterocycles. The fourth-order valence-corrected chi connectivity index (χ4v) is 1.57. The molecule has 0 aromatic heterocycles. The predicted molar refractivity (Wildman–Crippen MR) is 69.3 cm³/mol. The minimum atomic E-state index is -0.192. The highest BCUT2D eigenvalue weighted by atomic mass is 35.5. The maximum absolute atomic E-state index is 11.8. The summed E-state index contributed by atoms with van der Waals surface area (Å²) in [5.41, 5.74) is 6.56. The maximum Gasteiger partial charge on any atom is 0.253 e. The van der Waals surface area contributed by atoms with E-state index in [0.717, 1.165) is 12.8 Å². The molecule has 0 saturated carbocycles. The van der Waals surface area contributed by atoms with E-state index in [1.807, 2.05) is 0 Å². The molecule has 0 unspecified atom stereocenters. The molecule has 4 nitrogen and oxygen atoms in total. The second kappa shape index (κ2) is 7.14. The van der Waals surface area contributed by atoms with Gasteiger partial charge in [-0.2, -0.15) is 0 Å². The molecule has 0 spiro atoms. The van der Waals surface area contributed by atoms with Gasteiger partial charge in [-0.1, -0.05) is 11.6 Å². The van der Waals surface area contributed by atoms with E-state index in [4.69, 9.17) is 22.1 Å². The van der Waals surface area contributed by atoms with E-state index in [9.17, 15) is 4.79 Å². The van der Waals surface area contributed by atoms with Gasteiger partial charge in [0.05, 0.1) is 5.56 Å². The number of ether oxygens (including phenoxy) is 1. The number of nitrogen functional groups attached to an aromatic ring is 1. The number of nitrogens with two attached hydrogens (primary N) is 1. The monoisotopic (exact) mass is 256 g/mol. The standard InChI is InChI=1S/C12H17ClN2O2/c1-17-7-3-2-6-15-12(16)10-8-9(13)4-5-11(10)14/h4-5,8H,2-3,6-7,14H2,1H3,(H,15,16). The van der Waals surface area contributed by atoms with Gasteiger partial charge in [-0.05, 0) is 31.0 Å². The molecular formula is C12H17ClN2O2. The Morgan fingerprint density at radius 3 is 2.94 bits per heavy atom. The summed E-state index contributed by atoms with van der Waals surface area (Å²) in [5.74, 6) is -0.192. The van der Waals surface area contributed by atoms with E-state index >= 15 is 0 Å². The highest BCUT2D eigenvalue weighted by Gasteiger charge is 2.09. The largest absolute Gasteiger partial charge is 0.398 e. The molecule has 0 bridgehead atoms. The van der Waals surface area contributed by atoms with Crippen molar-refractivity contribution < 1.29 is 9.53 Å². The number of amides is 1. The van der Waals surface area contributed by atoms with Gasteiger partial charge in [-0.3, -0.25) is 4.79 Å². The third-order valence-corrected chi connectivity index (χ3v) is 2.56. The molecule has 1 aromatic carbocycles. The molecule has 0 aliphatic carbocycles. The summed E-state index contributed by atoms with van der Waals surface area (Å²) >= 11 is 5.81. The second-order valence-corrected chi connectivity index (χ2v) is 4.12. The fourth-order valence-electron chi connectivity index (χ4n) is 1.39. The summed E-state index contributed by atoms with van der Waals surface area (Å²) in [6, 6.07) is 4.86. The number of hydrogen-bond donors (Lipinski definition) is 2. The molecule has 17 heavy (non-hydrogen) atoms. The number of nitrogens with one attached hydrogen (secondary N) is 1. The highest BCUT2D eigenvalue weighted by Crippen LogP contribution is 2.17. The van der Waals surface area contributed by atoms with Crippen molar-refractivity contribution in [3.63, 3.8) is 0 Å². The number of rotatable bonds is 6.